The standard InChI is InChI=1S/C21H23N5/c1-4-10-18(11-5-1)17-26(19-12-6-2-7-13-19)21-23-20(16-22-24-21)25-14-8-3-9-15-25/h1-2,4-7,10-13,16H,3,8-9,14-15,17H2. The summed E-state index contributed by atoms with van der Waals surface area (Å²) in [6, 6.07) is 20.7. The third-order valence-corrected chi connectivity index (χ3v) is 4.71. The van der Waals surface area contributed by atoms with Crippen molar-refractivity contribution in [1.82, 2.24) is 15.2 Å². The van der Waals surface area contributed by atoms with Crippen molar-refractivity contribution in [3.05, 3.63) is 72.4 Å². The van der Waals surface area contributed by atoms with E-state index in [-0.39, 0.29) is 0 Å². The van der Waals surface area contributed by atoms with Gasteiger partial charge in [-0.1, -0.05) is 48.5 Å². The van der Waals surface area contributed by atoms with E-state index in [2.05, 4.69) is 56.4 Å². The average molecular weight is 345 g/mol. The fourth-order valence-electron chi connectivity index (χ4n) is 3.33. The number of anilines is 3. The Bertz CT molecular complexity index is 816. The summed E-state index contributed by atoms with van der Waals surface area (Å²) in [4.78, 5) is 9.28. The molecule has 0 saturated carbocycles. The first kappa shape index (κ1) is 16.5. The molecule has 0 radical (unpaired) electrons. The number of rotatable bonds is 5. The molecule has 5 nitrogen and oxygen atoms in total. The van der Waals surface area contributed by atoms with Crippen LogP contribution in [0, 0.1) is 0 Å². The lowest BCUT2D eigenvalue weighted by Gasteiger charge is -2.28. The Morgan fingerprint density at radius 1 is 0.846 bits per heavy atom. The van der Waals surface area contributed by atoms with Gasteiger partial charge in [-0.25, -0.2) is 0 Å². The van der Waals surface area contributed by atoms with Gasteiger partial charge in [-0.2, -0.15) is 10.1 Å². The molecular weight excluding hydrogens is 322 g/mol. The summed E-state index contributed by atoms with van der Waals surface area (Å²) < 4.78 is 0. The molecule has 2 aromatic carbocycles. The number of hydrogen-bond acceptors (Lipinski definition) is 5. The molecule has 132 valence electrons. The maximum absolute atomic E-state index is 4.85. The SMILES string of the molecule is c1ccc(CN(c2ccccc2)c2nncc(N3CCCCC3)n2)cc1. The van der Waals surface area contributed by atoms with Gasteiger partial charge in [0.05, 0.1) is 12.7 Å². The molecule has 0 unspecified atom stereocenters. The Labute approximate surface area is 154 Å². The quantitative estimate of drug-likeness (QED) is 0.693. The van der Waals surface area contributed by atoms with E-state index in [4.69, 9.17) is 4.98 Å². The molecule has 0 spiro atoms. The van der Waals surface area contributed by atoms with E-state index in [1.165, 1.54) is 24.8 Å². The lowest BCUT2D eigenvalue weighted by Crippen LogP contribution is -2.31. The van der Waals surface area contributed by atoms with Crippen LogP contribution in [0.15, 0.2) is 66.9 Å². The summed E-state index contributed by atoms with van der Waals surface area (Å²) in [5.41, 5.74) is 2.28. The largest absolute Gasteiger partial charge is 0.355 e. The van der Waals surface area contributed by atoms with E-state index in [1.54, 1.807) is 6.20 Å². The van der Waals surface area contributed by atoms with Crippen molar-refractivity contribution in [1.29, 1.82) is 0 Å². The molecule has 1 aliphatic rings. The molecule has 1 aromatic heterocycles. The number of nitrogens with zero attached hydrogens (tertiary/aromatic N) is 5. The molecule has 2 heterocycles. The number of benzene rings is 2. The summed E-state index contributed by atoms with van der Waals surface area (Å²) in [6.45, 7) is 2.79. The van der Waals surface area contributed by atoms with Crippen LogP contribution in [0.25, 0.3) is 0 Å². The first-order valence-corrected chi connectivity index (χ1v) is 9.21. The second-order valence-corrected chi connectivity index (χ2v) is 6.57. The van der Waals surface area contributed by atoms with Crippen molar-refractivity contribution < 1.29 is 0 Å². The van der Waals surface area contributed by atoms with Gasteiger partial charge in [-0.15, -0.1) is 5.10 Å². The van der Waals surface area contributed by atoms with E-state index >= 15 is 0 Å². The first-order valence-electron chi connectivity index (χ1n) is 9.21. The van der Waals surface area contributed by atoms with Gasteiger partial charge in [0, 0.05) is 18.8 Å². The zero-order valence-electron chi connectivity index (χ0n) is 14.8. The minimum absolute atomic E-state index is 0.642. The van der Waals surface area contributed by atoms with Crippen LogP contribution in [0.5, 0.6) is 0 Å². The molecule has 1 fully saturated rings. The average Bonchev–Trinajstić information content (AvgIpc) is 2.74. The van der Waals surface area contributed by atoms with Crippen LogP contribution < -0.4 is 9.80 Å². The van der Waals surface area contributed by atoms with Gasteiger partial charge in [0.15, 0.2) is 5.82 Å². The third-order valence-electron chi connectivity index (χ3n) is 4.71. The molecular formula is C21H23N5. The smallest absolute Gasteiger partial charge is 0.252 e. The zero-order chi connectivity index (χ0) is 17.6. The topological polar surface area (TPSA) is 45.2 Å². The molecule has 26 heavy (non-hydrogen) atoms. The summed E-state index contributed by atoms with van der Waals surface area (Å²) in [5, 5.41) is 8.60. The highest BCUT2D eigenvalue weighted by Crippen LogP contribution is 2.26. The van der Waals surface area contributed by atoms with Crippen LogP contribution in [0.3, 0.4) is 0 Å². The van der Waals surface area contributed by atoms with Crippen molar-refractivity contribution in [2.24, 2.45) is 0 Å². The molecule has 5 heteroatoms. The van der Waals surface area contributed by atoms with Crippen molar-refractivity contribution in [3.63, 3.8) is 0 Å². The fourth-order valence-corrected chi connectivity index (χ4v) is 3.33. The lowest BCUT2D eigenvalue weighted by molar-refractivity contribution is 0.571. The highest BCUT2D eigenvalue weighted by molar-refractivity contribution is 5.58. The molecule has 0 bridgehead atoms. The van der Waals surface area contributed by atoms with E-state index in [9.17, 15) is 0 Å². The monoisotopic (exact) mass is 345 g/mol. The molecule has 4 rings (SSSR count). The summed E-state index contributed by atoms with van der Waals surface area (Å²) in [6.07, 6.45) is 5.50. The summed E-state index contributed by atoms with van der Waals surface area (Å²) >= 11 is 0. The number of para-hydroxylation sites is 1. The molecule has 0 amide bonds. The molecule has 0 N–H and O–H groups in total. The van der Waals surface area contributed by atoms with Gasteiger partial charge < -0.3 is 9.80 Å². The molecule has 0 aliphatic carbocycles. The molecule has 1 aliphatic heterocycles. The van der Waals surface area contributed by atoms with E-state index in [0.29, 0.717) is 12.5 Å². The Kier molecular flexibility index (Phi) is 5.05. The van der Waals surface area contributed by atoms with Crippen molar-refractivity contribution in [3.8, 4) is 0 Å². The maximum Gasteiger partial charge on any atom is 0.252 e. The van der Waals surface area contributed by atoms with Crippen LogP contribution in [0.1, 0.15) is 24.8 Å². The lowest BCUT2D eigenvalue weighted by atomic mass is 10.1. The second-order valence-electron chi connectivity index (χ2n) is 6.57. The third kappa shape index (κ3) is 3.82. The van der Waals surface area contributed by atoms with Gasteiger partial charge in [0.2, 0.25) is 0 Å². The minimum atomic E-state index is 0.642. The van der Waals surface area contributed by atoms with Crippen molar-refractivity contribution in [2.45, 2.75) is 25.8 Å². The first-order chi connectivity index (χ1) is 12.9. The van der Waals surface area contributed by atoms with Gasteiger partial charge in [0.25, 0.3) is 5.95 Å². The predicted octanol–water partition coefficient (Wildman–Crippen LogP) is 4.20. The van der Waals surface area contributed by atoms with Crippen molar-refractivity contribution in [2.75, 3.05) is 22.9 Å². The van der Waals surface area contributed by atoms with Crippen LogP contribution in [-0.2, 0) is 6.54 Å². The van der Waals surface area contributed by atoms with Crippen LogP contribution in [-0.4, -0.2) is 28.3 Å². The van der Waals surface area contributed by atoms with Crippen molar-refractivity contribution >= 4 is 17.5 Å². The van der Waals surface area contributed by atoms with Gasteiger partial charge >= 0.3 is 0 Å². The van der Waals surface area contributed by atoms with E-state index < -0.39 is 0 Å². The highest BCUT2D eigenvalue weighted by Gasteiger charge is 2.17. The molecule has 3 aromatic rings. The number of hydrogen-bond donors (Lipinski definition) is 0. The second kappa shape index (κ2) is 7.95. The summed E-state index contributed by atoms with van der Waals surface area (Å²) in [7, 11) is 0. The number of aromatic nitrogens is 3. The van der Waals surface area contributed by atoms with Crippen LogP contribution in [0.2, 0.25) is 0 Å². The van der Waals surface area contributed by atoms with E-state index in [1.807, 2.05) is 24.3 Å². The predicted molar refractivity (Wildman–Crippen MR) is 105 cm³/mol. The maximum atomic E-state index is 4.85. The van der Waals surface area contributed by atoms with Gasteiger partial charge in [-0.3, -0.25) is 0 Å². The Morgan fingerprint density at radius 2 is 1.54 bits per heavy atom. The zero-order valence-corrected chi connectivity index (χ0v) is 14.8. The fraction of sp³-hybridized carbons (Fsp3) is 0.286. The summed E-state index contributed by atoms with van der Waals surface area (Å²) in [5.74, 6) is 1.56. The Morgan fingerprint density at radius 3 is 2.27 bits per heavy atom. The van der Waals surface area contributed by atoms with Gasteiger partial charge in [0.1, 0.15) is 0 Å². The van der Waals surface area contributed by atoms with E-state index in [0.717, 1.165) is 24.6 Å². The van der Waals surface area contributed by atoms with Crippen LogP contribution in [0.4, 0.5) is 17.5 Å². The Balaban J connectivity index is 1.67. The highest BCUT2D eigenvalue weighted by atomic mass is 15.4. The minimum Gasteiger partial charge on any atom is -0.355 e. The van der Waals surface area contributed by atoms with Crippen LogP contribution >= 0.6 is 0 Å². The normalized spacial score (nSPS) is 14.2. The Hall–Kier alpha value is -2.95. The molecule has 1 saturated heterocycles. The number of piperidine rings is 1. The van der Waals surface area contributed by atoms with Gasteiger partial charge in [-0.05, 0) is 37.0 Å². The molecule has 0 atom stereocenters.